The minimum absolute atomic E-state index is 0.158. The van der Waals surface area contributed by atoms with Crippen molar-refractivity contribution in [3.63, 3.8) is 0 Å². The molecule has 0 bridgehead atoms. The van der Waals surface area contributed by atoms with E-state index in [2.05, 4.69) is 20.8 Å². The van der Waals surface area contributed by atoms with Gasteiger partial charge >= 0.3 is 0 Å². The molecule has 3 heterocycles. The number of halogens is 1. The number of nitrogens with one attached hydrogen (secondary N) is 2. The summed E-state index contributed by atoms with van der Waals surface area (Å²) in [5, 5.41) is 15.6. The van der Waals surface area contributed by atoms with Crippen LogP contribution in [-0.2, 0) is 13.6 Å². The maximum absolute atomic E-state index is 13.0. The van der Waals surface area contributed by atoms with Gasteiger partial charge < -0.3 is 10.6 Å². The van der Waals surface area contributed by atoms with Crippen molar-refractivity contribution in [2.45, 2.75) is 6.54 Å². The number of carbonyl (C=O) groups excluding carboxylic acids is 2. The van der Waals surface area contributed by atoms with Gasteiger partial charge in [0.25, 0.3) is 11.8 Å². The molecule has 0 spiro atoms. The summed E-state index contributed by atoms with van der Waals surface area (Å²) in [7, 11) is 1.64. The molecule has 0 atom stereocenters. The first-order chi connectivity index (χ1) is 14.5. The molecule has 0 radical (unpaired) electrons. The smallest absolute Gasteiger partial charge is 0.276 e. The first-order valence-corrected chi connectivity index (χ1v) is 9.83. The quantitative estimate of drug-likeness (QED) is 0.496. The summed E-state index contributed by atoms with van der Waals surface area (Å²) < 4.78 is 16.1. The highest BCUT2D eigenvalue weighted by atomic mass is 32.1. The number of hydrogen-bond acceptors (Lipinski definition) is 5. The second-order valence-electron chi connectivity index (χ2n) is 6.48. The van der Waals surface area contributed by atoms with Crippen molar-refractivity contribution in [3.05, 3.63) is 82.2 Å². The molecule has 0 aliphatic carbocycles. The van der Waals surface area contributed by atoms with E-state index in [4.69, 9.17) is 0 Å². The van der Waals surface area contributed by atoms with Gasteiger partial charge in [0.15, 0.2) is 5.69 Å². The molecule has 0 saturated carbocycles. The van der Waals surface area contributed by atoms with Crippen molar-refractivity contribution >= 4 is 34.7 Å². The summed E-state index contributed by atoms with van der Waals surface area (Å²) in [5.41, 5.74) is 1.54. The lowest BCUT2D eigenvalue weighted by Crippen LogP contribution is -2.13. The van der Waals surface area contributed by atoms with E-state index in [1.165, 1.54) is 40.4 Å². The van der Waals surface area contributed by atoms with E-state index in [0.29, 0.717) is 22.9 Å². The number of hydrogen-bond donors (Lipinski definition) is 2. The number of amides is 2. The summed E-state index contributed by atoms with van der Waals surface area (Å²) in [5.74, 6) is -0.579. The molecule has 0 fully saturated rings. The molecule has 3 aromatic heterocycles. The van der Waals surface area contributed by atoms with E-state index in [9.17, 15) is 14.0 Å². The van der Waals surface area contributed by atoms with E-state index < -0.39 is 5.91 Å². The van der Waals surface area contributed by atoms with E-state index in [1.807, 2.05) is 5.38 Å². The average Bonchev–Trinajstić information content (AvgIpc) is 3.46. The fraction of sp³-hybridized carbons (Fsp3) is 0.100. The normalized spacial score (nSPS) is 10.7. The number of nitrogens with zero attached hydrogens (tertiary/aromatic N) is 4. The largest absolute Gasteiger partial charge is 0.318 e. The van der Waals surface area contributed by atoms with Gasteiger partial charge in [0.2, 0.25) is 0 Å². The molecule has 0 saturated heterocycles. The third kappa shape index (κ3) is 4.44. The first-order valence-electron chi connectivity index (χ1n) is 8.95. The Labute approximate surface area is 175 Å². The van der Waals surface area contributed by atoms with Gasteiger partial charge in [-0.15, -0.1) is 11.3 Å². The second-order valence-corrected chi connectivity index (χ2v) is 7.42. The van der Waals surface area contributed by atoms with E-state index >= 15 is 0 Å². The van der Waals surface area contributed by atoms with Crippen LogP contribution in [0, 0.1) is 5.82 Å². The first kappa shape index (κ1) is 19.5. The minimum Gasteiger partial charge on any atom is -0.318 e. The van der Waals surface area contributed by atoms with E-state index in [-0.39, 0.29) is 17.4 Å². The van der Waals surface area contributed by atoms with E-state index in [0.717, 1.165) is 5.56 Å². The Kier molecular flexibility index (Phi) is 5.40. The Morgan fingerprint density at radius 2 is 1.93 bits per heavy atom. The van der Waals surface area contributed by atoms with Crippen LogP contribution in [0.15, 0.2) is 60.2 Å². The molecule has 0 unspecified atom stereocenters. The van der Waals surface area contributed by atoms with Crippen molar-refractivity contribution in [2.24, 2.45) is 7.05 Å². The number of carbonyl (C=O) groups is 2. The molecule has 10 heteroatoms. The van der Waals surface area contributed by atoms with Crippen molar-refractivity contribution in [3.8, 4) is 0 Å². The minimum atomic E-state index is -0.427. The Bertz CT molecular complexity index is 1180. The molecule has 152 valence electrons. The summed E-state index contributed by atoms with van der Waals surface area (Å²) in [4.78, 5) is 25.3. The third-order valence-electron chi connectivity index (χ3n) is 4.25. The van der Waals surface area contributed by atoms with Crippen LogP contribution in [0.25, 0.3) is 0 Å². The zero-order valence-corrected chi connectivity index (χ0v) is 16.7. The Morgan fingerprint density at radius 3 is 2.67 bits per heavy atom. The number of thiophene rings is 1. The predicted molar refractivity (Wildman–Crippen MR) is 111 cm³/mol. The fourth-order valence-corrected chi connectivity index (χ4v) is 3.39. The van der Waals surface area contributed by atoms with Crippen LogP contribution in [0.3, 0.4) is 0 Å². The lowest BCUT2D eigenvalue weighted by molar-refractivity contribution is 0.101. The maximum atomic E-state index is 13.0. The van der Waals surface area contributed by atoms with Crippen LogP contribution in [0.4, 0.5) is 15.9 Å². The van der Waals surface area contributed by atoms with Gasteiger partial charge in [-0.25, -0.2) is 4.39 Å². The fourth-order valence-electron chi connectivity index (χ4n) is 2.77. The predicted octanol–water partition coefficient (Wildman–Crippen LogP) is 3.37. The Morgan fingerprint density at radius 1 is 1.13 bits per heavy atom. The average molecular weight is 424 g/mol. The zero-order valence-electron chi connectivity index (χ0n) is 15.9. The number of rotatable bonds is 6. The number of aryl methyl sites for hydroxylation is 1. The van der Waals surface area contributed by atoms with Crippen molar-refractivity contribution in [1.82, 2.24) is 19.6 Å². The number of benzene rings is 1. The highest BCUT2D eigenvalue weighted by Gasteiger charge is 2.16. The van der Waals surface area contributed by atoms with E-state index in [1.54, 1.807) is 42.2 Å². The molecule has 4 rings (SSSR count). The highest BCUT2D eigenvalue weighted by molar-refractivity contribution is 7.12. The Hall–Kier alpha value is -3.79. The summed E-state index contributed by atoms with van der Waals surface area (Å²) in [6.07, 6.45) is 3.19. The van der Waals surface area contributed by atoms with Gasteiger partial charge in [-0.3, -0.25) is 19.0 Å². The van der Waals surface area contributed by atoms with Gasteiger partial charge in [-0.1, -0.05) is 18.2 Å². The number of aromatic nitrogens is 4. The number of anilines is 2. The lowest BCUT2D eigenvalue weighted by atomic mass is 10.2. The molecule has 0 aliphatic heterocycles. The second kappa shape index (κ2) is 8.29. The molecule has 2 N–H and O–H groups in total. The molecule has 4 aromatic rings. The highest BCUT2D eigenvalue weighted by Crippen LogP contribution is 2.16. The van der Waals surface area contributed by atoms with Crippen LogP contribution in [0.1, 0.15) is 25.7 Å². The molecule has 2 amide bonds. The Balaban J connectivity index is 1.40. The van der Waals surface area contributed by atoms with Gasteiger partial charge in [-0.05, 0) is 29.1 Å². The zero-order chi connectivity index (χ0) is 21.1. The van der Waals surface area contributed by atoms with Crippen molar-refractivity contribution < 1.29 is 14.0 Å². The standard InChI is InChI=1S/C20H17FN6O2S/c1-26-18(24-20(29)17-3-2-8-30-17)9-16(25-26)19(28)23-15-10-22-27(12-15)11-13-4-6-14(21)7-5-13/h2-10,12H,11H2,1H3,(H,23,28)(H,24,29). The third-order valence-corrected chi connectivity index (χ3v) is 5.12. The van der Waals surface area contributed by atoms with Gasteiger partial charge in [0.05, 0.1) is 23.3 Å². The molecular formula is C20H17FN6O2S. The monoisotopic (exact) mass is 424 g/mol. The van der Waals surface area contributed by atoms with Gasteiger partial charge in [-0.2, -0.15) is 10.2 Å². The SMILES string of the molecule is Cn1nc(C(=O)Nc2cnn(Cc3ccc(F)cc3)c2)cc1NC(=O)c1cccs1. The van der Waals surface area contributed by atoms with Crippen molar-refractivity contribution in [2.75, 3.05) is 10.6 Å². The lowest BCUT2D eigenvalue weighted by Gasteiger charge is -2.02. The van der Waals surface area contributed by atoms with Crippen LogP contribution < -0.4 is 10.6 Å². The van der Waals surface area contributed by atoms with Gasteiger partial charge in [0.1, 0.15) is 11.6 Å². The maximum Gasteiger partial charge on any atom is 0.276 e. The molecule has 30 heavy (non-hydrogen) atoms. The van der Waals surface area contributed by atoms with Crippen LogP contribution in [0.2, 0.25) is 0 Å². The van der Waals surface area contributed by atoms with Gasteiger partial charge in [0, 0.05) is 19.3 Å². The summed E-state index contributed by atoms with van der Waals surface area (Å²) in [6.45, 7) is 0.443. The van der Waals surface area contributed by atoms with Crippen molar-refractivity contribution in [1.29, 1.82) is 0 Å². The molecule has 1 aromatic carbocycles. The molecule has 0 aliphatic rings. The van der Waals surface area contributed by atoms with Crippen LogP contribution in [0.5, 0.6) is 0 Å². The van der Waals surface area contributed by atoms with Crippen LogP contribution >= 0.6 is 11.3 Å². The molecular weight excluding hydrogens is 407 g/mol. The topological polar surface area (TPSA) is 93.8 Å². The summed E-state index contributed by atoms with van der Waals surface area (Å²) >= 11 is 1.33. The van der Waals surface area contributed by atoms with Crippen LogP contribution in [-0.4, -0.2) is 31.4 Å². The molecule has 8 nitrogen and oxygen atoms in total. The summed E-state index contributed by atoms with van der Waals surface area (Å²) in [6, 6.07) is 11.1.